The van der Waals surface area contributed by atoms with E-state index in [0.717, 1.165) is 54.8 Å². The first kappa shape index (κ1) is 26.7. The molecule has 0 spiro atoms. The molecular formula is C31H50O4. The van der Waals surface area contributed by atoms with Gasteiger partial charge in [-0.1, -0.05) is 65.5 Å². The minimum absolute atomic E-state index is 0.0236. The molecule has 4 aliphatic carbocycles. The van der Waals surface area contributed by atoms with Crippen molar-refractivity contribution in [2.75, 3.05) is 0 Å². The predicted octanol–water partition coefficient (Wildman–Crippen LogP) is 7.80. The Bertz CT molecular complexity index is 815. The third-order valence-electron chi connectivity index (χ3n) is 11.1. The average Bonchev–Trinajstić information content (AvgIpc) is 3.15. The third-order valence-corrected chi connectivity index (χ3v) is 11.1. The van der Waals surface area contributed by atoms with Crippen molar-refractivity contribution < 1.29 is 19.4 Å². The van der Waals surface area contributed by atoms with Gasteiger partial charge in [-0.3, -0.25) is 9.59 Å². The van der Waals surface area contributed by atoms with Crippen molar-refractivity contribution >= 4 is 11.9 Å². The summed E-state index contributed by atoms with van der Waals surface area (Å²) in [6, 6.07) is 0. The second-order valence-electron chi connectivity index (χ2n) is 13.5. The fourth-order valence-corrected chi connectivity index (χ4v) is 9.21. The van der Waals surface area contributed by atoms with Crippen LogP contribution in [0.25, 0.3) is 0 Å². The highest BCUT2D eigenvalue weighted by molar-refractivity contribution is 5.76. The second-order valence-corrected chi connectivity index (χ2v) is 13.5. The van der Waals surface area contributed by atoms with Gasteiger partial charge in [0.05, 0.1) is 12.8 Å². The van der Waals surface area contributed by atoms with Crippen molar-refractivity contribution in [3.63, 3.8) is 0 Å². The molecule has 0 saturated heterocycles. The molecule has 198 valence electrons. The van der Waals surface area contributed by atoms with Gasteiger partial charge in [-0.15, -0.1) is 0 Å². The summed E-state index contributed by atoms with van der Waals surface area (Å²) in [6.07, 6.45) is 16.0. The zero-order valence-corrected chi connectivity index (χ0v) is 23.0. The lowest BCUT2D eigenvalue weighted by atomic mass is 9.47. The molecule has 3 saturated carbocycles. The monoisotopic (exact) mass is 486 g/mol. The van der Waals surface area contributed by atoms with Gasteiger partial charge in [-0.25, -0.2) is 0 Å². The van der Waals surface area contributed by atoms with E-state index in [1.165, 1.54) is 56.9 Å². The molecule has 0 aromatic carbocycles. The highest BCUT2D eigenvalue weighted by Crippen LogP contribution is 2.67. The van der Waals surface area contributed by atoms with E-state index >= 15 is 0 Å². The van der Waals surface area contributed by atoms with Crippen LogP contribution < -0.4 is 0 Å². The Labute approximate surface area is 213 Å². The third kappa shape index (κ3) is 5.37. The van der Waals surface area contributed by atoms with E-state index < -0.39 is 5.97 Å². The summed E-state index contributed by atoms with van der Waals surface area (Å²) in [5.41, 5.74) is 2.27. The summed E-state index contributed by atoms with van der Waals surface area (Å²) in [7, 11) is 0. The molecule has 0 aromatic heterocycles. The van der Waals surface area contributed by atoms with E-state index in [2.05, 4.69) is 40.7 Å². The molecule has 0 amide bonds. The van der Waals surface area contributed by atoms with Crippen molar-refractivity contribution in [1.82, 2.24) is 0 Å². The number of fused-ring (bicyclic) bond motifs is 5. The molecule has 0 heterocycles. The van der Waals surface area contributed by atoms with Crippen LogP contribution in [0.4, 0.5) is 0 Å². The number of hydrogen-bond donors (Lipinski definition) is 1. The van der Waals surface area contributed by atoms with E-state index in [-0.39, 0.29) is 30.3 Å². The summed E-state index contributed by atoms with van der Waals surface area (Å²) in [5.74, 6) is 3.68. The Morgan fingerprint density at radius 2 is 1.80 bits per heavy atom. The normalized spacial score (nSPS) is 39.3. The minimum atomic E-state index is -0.942. The molecule has 0 radical (unpaired) electrons. The Kier molecular flexibility index (Phi) is 8.08. The molecule has 4 heteroatoms. The number of carboxylic acids is 1. The summed E-state index contributed by atoms with van der Waals surface area (Å²) in [5, 5.41) is 8.84. The molecule has 6 unspecified atom stereocenters. The molecule has 4 rings (SSSR count). The summed E-state index contributed by atoms with van der Waals surface area (Å²) in [6.45, 7) is 12.4. The molecule has 35 heavy (non-hydrogen) atoms. The van der Waals surface area contributed by atoms with Gasteiger partial charge in [0, 0.05) is 6.42 Å². The van der Waals surface area contributed by atoms with Gasteiger partial charge in [0.25, 0.3) is 0 Å². The molecule has 0 aromatic rings. The van der Waals surface area contributed by atoms with Crippen molar-refractivity contribution in [3.05, 3.63) is 11.6 Å². The first-order valence-electron chi connectivity index (χ1n) is 14.7. The highest BCUT2D eigenvalue weighted by atomic mass is 16.5. The number of esters is 1. The van der Waals surface area contributed by atoms with Gasteiger partial charge >= 0.3 is 11.9 Å². The number of ether oxygens (including phenoxy) is 1. The molecule has 3 fully saturated rings. The van der Waals surface area contributed by atoms with Gasteiger partial charge in [-0.2, -0.15) is 0 Å². The molecule has 4 aliphatic rings. The molecule has 0 aliphatic heterocycles. The number of carbonyl (C=O) groups is 2. The Morgan fingerprint density at radius 1 is 1.03 bits per heavy atom. The van der Waals surface area contributed by atoms with E-state index in [1.807, 2.05) is 0 Å². The SMILES string of the molecule is CC(C)CCCC(C)C1CCC2C3CC=C4CC(OC(=O)CCC(=O)O)CC[C@]4(C)C3CC[C@]12C. The lowest BCUT2D eigenvalue weighted by Gasteiger charge is -2.58. The van der Waals surface area contributed by atoms with Crippen LogP contribution in [0.5, 0.6) is 0 Å². The zero-order chi connectivity index (χ0) is 25.4. The van der Waals surface area contributed by atoms with Crippen LogP contribution in [0.1, 0.15) is 118 Å². The van der Waals surface area contributed by atoms with Gasteiger partial charge in [0.2, 0.25) is 0 Å². The Hall–Kier alpha value is -1.32. The van der Waals surface area contributed by atoms with Crippen LogP contribution in [-0.2, 0) is 14.3 Å². The number of aliphatic carboxylic acids is 1. The predicted molar refractivity (Wildman–Crippen MR) is 140 cm³/mol. The van der Waals surface area contributed by atoms with Crippen molar-refractivity contribution in [1.29, 1.82) is 0 Å². The van der Waals surface area contributed by atoms with E-state index in [0.29, 0.717) is 5.41 Å². The molecular weight excluding hydrogens is 436 g/mol. The van der Waals surface area contributed by atoms with Crippen LogP contribution >= 0.6 is 0 Å². The van der Waals surface area contributed by atoms with E-state index in [4.69, 9.17) is 9.84 Å². The van der Waals surface area contributed by atoms with E-state index in [9.17, 15) is 9.59 Å². The number of hydrogen-bond acceptors (Lipinski definition) is 3. The Balaban J connectivity index is 1.40. The van der Waals surface area contributed by atoms with Gasteiger partial charge < -0.3 is 9.84 Å². The van der Waals surface area contributed by atoms with Crippen LogP contribution in [0.2, 0.25) is 0 Å². The van der Waals surface area contributed by atoms with Gasteiger partial charge in [0.1, 0.15) is 6.10 Å². The average molecular weight is 487 g/mol. The molecule has 4 nitrogen and oxygen atoms in total. The lowest BCUT2D eigenvalue weighted by Crippen LogP contribution is -2.51. The second kappa shape index (κ2) is 10.6. The van der Waals surface area contributed by atoms with Gasteiger partial charge in [-0.05, 0) is 91.3 Å². The smallest absolute Gasteiger partial charge is 0.306 e. The van der Waals surface area contributed by atoms with Crippen molar-refractivity contribution in [3.8, 4) is 0 Å². The first-order chi connectivity index (χ1) is 16.5. The topological polar surface area (TPSA) is 63.6 Å². The molecule has 0 bridgehead atoms. The maximum atomic E-state index is 12.1. The number of carboxylic acid groups (broad SMARTS) is 1. The summed E-state index contributed by atoms with van der Waals surface area (Å²) in [4.78, 5) is 22.9. The first-order valence-corrected chi connectivity index (χ1v) is 14.7. The maximum Gasteiger partial charge on any atom is 0.306 e. The largest absolute Gasteiger partial charge is 0.481 e. The number of carbonyl (C=O) groups excluding carboxylic acids is 1. The lowest BCUT2D eigenvalue weighted by molar-refractivity contribution is -0.154. The fourth-order valence-electron chi connectivity index (χ4n) is 9.21. The molecule has 8 atom stereocenters. The van der Waals surface area contributed by atoms with Gasteiger partial charge in [0.15, 0.2) is 0 Å². The highest BCUT2D eigenvalue weighted by Gasteiger charge is 2.59. The van der Waals surface area contributed by atoms with E-state index in [1.54, 1.807) is 0 Å². The Morgan fingerprint density at radius 3 is 2.51 bits per heavy atom. The standard InChI is InChI=1S/C31H50O4/c1-20(2)7-6-8-21(3)25-11-12-26-24-10-9-22-19-23(35-29(34)14-13-28(32)33)15-17-30(22,4)27(24)16-18-31(25,26)5/h9,20-21,23-27H,6-8,10-19H2,1-5H3,(H,32,33)/t21?,23?,24?,25?,26?,27?,30-,31+/m0/s1. The zero-order valence-electron chi connectivity index (χ0n) is 23.0. The van der Waals surface area contributed by atoms with Crippen LogP contribution in [-0.4, -0.2) is 23.1 Å². The van der Waals surface area contributed by atoms with Crippen LogP contribution in [0.15, 0.2) is 11.6 Å². The maximum absolute atomic E-state index is 12.1. The van der Waals surface area contributed by atoms with Crippen LogP contribution in [0.3, 0.4) is 0 Å². The van der Waals surface area contributed by atoms with Crippen molar-refractivity contribution in [2.45, 2.75) is 124 Å². The number of allylic oxidation sites excluding steroid dienone is 1. The molecule has 1 N–H and O–H groups in total. The fraction of sp³-hybridized carbons (Fsp3) is 0.871. The minimum Gasteiger partial charge on any atom is -0.481 e. The summed E-state index contributed by atoms with van der Waals surface area (Å²) < 4.78 is 5.70. The summed E-state index contributed by atoms with van der Waals surface area (Å²) >= 11 is 0. The van der Waals surface area contributed by atoms with Crippen molar-refractivity contribution in [2.24, 2.45) is 46.3 Å². The number of rotatable bonds is 9. The quantitative estimate of drug-likeness (QED) is 0.267. The van der Waals surface area contributed by atoms with Crippen LogP contribution in [0, 0.1) is 46.3 Å².